The third-order valence-corrected chi connectivity index (χ3v) is 4.10. The molecule has 1 heterocycles. The van der Waals surface area contributed by atoms with Gasteiger partial charge in [0, 0.05) is 12.6 Å². The molecule has 1 aromatic carbocycles. The van der Waals surface area contributed by atoms with Crippen molar-refractivity contribution in [2.75, 3.05) is 0 Å². The van der Waals surface area contributed by atoms with E-state index in [9.17, 15) is 4.79 Å². The van der Waals surface area contributed by atoms with Gasteiger partial charge in [-0.2, -0.15) is 9.36 Å². The molecule has 2 aromatic rings. The van der Waals surface area contributed by atoms with Gasteiger partial charge in [0.25, 0.3) is 0 Å². The second kappa shape index (κ2) is 6.36. The highest BCUT2D eigenvalue weighted by Gasteiger charge is 2.28. The van der Waals surface area contributed by atoms with Crippen LogP contribution in [0, 0.1) is 0 Å². The summed E-state index contributed by atoms with van der Waals surface area (Å²) in [6.07, 6.45) is 3.19. The summed E-state index contributed by atoms with van der Waals surface area (Å²) >= 11 is 0. The zero-order chi connectivity index (χ0) is 16.4. The number of aryl methyl sites for hydroxylation is 1. The van der Waals surface area contributed by atoms with Crippen LogP contribution in [0.3, 0.4) is 0 Å². The van der Waals surface area contributed by atoms with Gasteiger partial charge in [-0.25, -0.2) is 4.79 Å². The van der Waals surface area contributed by atoms with Gasteiger partial charge in [-0.15, -0.1) is 0 Å². The first kappa shape index (κ1) is 15.5. The highest BCUT2D eigenvalue weighted by atomic mass is 16.6. The predicted octanol–water partition coefficient (Wildman–Crippen LogP) is 2.15. The smallest absolute Gasteiger partial charge is 0.368 e. The van der Waals surface area contributed by atoms with Crippen LogP contribution in [0.1, 0.15) is 50.2 Å². The maximum atomic E-state index is 12.2. The van der Waals surface area contributed by atoms with Gasteiger partial charge >= 0.3 is 5.69 Å². The van der Waals surface area contributed by atoms with Gasteiger partial charge in [0.2, 0.25) is 0 Å². The molecule has 1 aliphatic carbocycles. The van der Waals surface area contributed by atoms with Gasteiger partial charge in [-0.05, 0) is 54.2 Å². The Bertz CT molecular complexity index is 786. The predicted molar refractivity (Wildman–Crippen MR) is 86.8 cm³/mol. The SMILES string of the molecule is CCC(C)=NOCc1c(C2CC2)cccc1-n1nnn(C)c1=O. The summed E-state index contributed by atoms with van der Waals surface area (Å²) in [5.74, 6) is 0.539. The molecule has 23 heavy (non-hydrogen) atoms. The summed E-state index contributed by atoms with van der Waals surface area (Å²) in [5.41, 5.74) is 3.56. The summed E-state index contributed by atoms with van der Waals surface area (Å²) in [5, 5.41) is 11.9. The summed E-state index contributed by atoms with van der Waals surface area (Å²) < 4.78 is 2.54. The lowest BCUT2D eigenvalue weighted by Crippen LogP contribution is -2.23. The van der Waals surface area contributed by atoms with Crippen LogP contribution < -0.4 is 5.69 Å². The molecule has 0 N–H and O–H groups in total. The van der Waals surface area contributed by atoms with Gasteiger partial charge in [-0.1, -0.05) is 24.2 Å². The fraction of sp³-hybridized carbons (Fsp3) is 0.500. The molecule has 1 fully saturated rings. The number of hydrogen-bond donors (Lipinski definition) is 0. The molecule has 0 aliphatic heterocycles. The van der Waals surface area contributed by atoms with E-state index in [0.29, 0.717) is 12.5 Å². The Morgan fingerprint density at radius 1 is 1.39 bits per heavy atom. The average Bonchev–Trinajstić information content (AvgIpc) is 3.35. The first-order chi connectivity index (χ1) is 11.1. The molecule has 122 valence electrons. The number of nitrogens with zero attached hydrogens (tertiary/aromatic N) is 5. The minimum absolute atomic E-state index is 0.271. The molecule has 0 bridgehead atoms. The molecular formula is C16H21N5O2. The van der Waals surface area contributed by atoms with Gasteiger partial charge in [0.15, 0.2) is 0 Å². The van der Waals surface area contributed by atoms with Crippen molar-refractivity contribution in [1.82, 2.24) is 19.8 Å². The number of tetrazole rings is 1. The van der Waals surface area contributed by atoms with Crippen LogP contribution in [0.2, 0.25) is 0 Å². The van der Waals surface area contributed by atoms with Crippen molar-refractivity contribution in [2.24, 2.45) is 12.2 Å². The van der Waals surface area contributed by atoms with E-state index >= 15 is 0 Å². The normalized spacial score (nSPS) is 15.0. The third-order valence-electron chi connectivity index (χ3n) is 4.10. The fourth-order valence-electron chi connectivity index (χ4n) is 2.46. The molecule has 3 rings (SSSR count). The zero-order valence-corrected chi connectivity index (χ0v) is 13.7. The third kappa shape index (κ3) is 3.18. The van der Waals surface area contributed by atoms with Gasteiger partial charge < -0.3 is 4.84 Å². The van der Waals surface area contributed by atoms with E-state index < -0.39 is 0 Å². The fourth-order valence-corrected chi connectivity index (χ4v) is 2.46. The Hall–Kier alpha value is -2.44. The molecule has 1 aromatic heterocycles. The molecular weight excluding hydrogens is 294 g/mol. The number of rotatable bonds is 6. The van der Waals surface area contributed by atoms with E-state index in [-0.39, 0.29) is 5.69 Å². The first-order valence-electron chi connectivity index (χ1n) is 7.88. The van der Waals surface area contributed by atoms with E-state index in [1.165, 1.54) is 27.8 Å². The largest absolute Gasteiger partial charge is 0.391 e. The Balaban J connectivity index is 2.00. The molecule has 0 radical (unpaired) electrons. The van der Waals surface area contributed by atoms with Crippen molar-refractivity contribution in [3.63, 3.8) is 0 Å². The molecule has 0 atom stereocenters. The standard InChI is InChI=1S/C16H21N5O2/c1-4-11(2)17-23-10-14-13(12-8-9-12)6-5-7-15(14)21-16(22)20(3)18-19-21/h5-7,12H,4,8-10H2,1-3H3. The maximum absolute atomic E-state index is 12.2. The lowest BCUT2D eigenvalue weighted by Gasteiger charge is -2.12. The van der Waals surface area contributed by atoms with Gasteiger partial charge in [0.05, 0.1) is 11.4 Å². The summed E-state index contributed by atoms with van der Waals surface area (Å²) in [6, 6.07) is 5.92. The Morgan fingerprint density at radius 2 is 2.17 bits per heavy atom. The van der Waals surface area contributed by atoms with Crippen molar-refractivity contribution >= 4 is 5.71 Å². The van der Waals surface area contributed by atoms with E-state index in [4.69, 9.17) is 4.84 Å². The Labute approximate surface area is 134 Å². The summed E-state index contributed by atoms with van der Waals surface area (Å²) in [7, 11) is 1.58. The van der Waals surface area contributed by atoms with Crippen LogP contribution in [0.5, 0.6) is 0 Å². The highest BCUT2D eigenvalue weighted by Crippen LogP contribution is 2.42. The molecule has 0 amide bonds. The summed E-state index contributed by atoms with van der Waals surface area (Å²) in [6.45, 7) is 4.29. The monoisotopic (exact) mass is 315 g/mol. The number of aromatic nitrogens is 4. The molecule has 1 aliphatic rings. The lowest BCUT2D eigenvalue weighted by atomic mass is 10.0. The van der Waals surface area contributed by atoms with Crippen molar-refractivity contribution in [2.45, 2.75) is 45.6 Å². The molecule has 7 nitrogen and oxygen atoms in total. The average molecular weight is 315 g/mol. The van der Waals surface area contributed by atoms with Crippen LogP contribution >= 0.6 is 0 Å². The van der Waals surface area contributed by atoms with Crippen molar-refractivity contribution in [3.05, 3.63) is 39.8 Å². The molecule has 0 unspecified atom stereocenters. The van der Waals surface area contributed by atoms with Crippen LogP contribution in [-0.2, 0) is 18.5 Å². The zero-order valence-electron chi connectivity index (χ0n) is 13.7. The van der Waals surface area contributed by atoms with E-state index in [0.717, 1.165) is 23.4 Å². The number of benzene rings is 1. The van der Waals surface area contributed by atoms with Crippen molar-refractivity contribution < 1.29 is 4.84 Å². The Morgan fingerprint density at radius 3 is 2.78 bits per heavy atom. The van der Waals surface area contributed by atoms with Crippen LogP contribution in [-0.4, -0.2) is 25.5 Å². The topological polar surface area (TPSA) is 74.3 Å². The van der Waals surface area contributed by atoms with Crippen molar-refractivity contribution in [3.8, 4) is 5.69 Å². The molecule has 0 saturated heterocycles. The second-order valence-electron chi connectivity index (χ2n) is 5.87. The highest BCUT2D eigenvalue weighted by molar-refractivity contribution is 5.80. The van der Waals surface area contributed by atoms with E-state index in [1.807, 2.05) is 26.0 Å². The minimum atomic E-state index is -0.271. The lowest BCUT2D eigenvalue weighted by molar-refractivity contribution is 0.129. The van der Waals surface area contributed by atoms with Gasteiger partial charge in [0.1, 0.15) is 6.61 Å². The van der Waals surface area contributed by atoms with Gasteiger partial charge in [-0.3, -0.25) is 0 Å². The molecule has 0 spiro atoms. The second-order valence-corrected chi connectivity index (χ2v) is 5.87. The van der Waals surface area contributed by atoms with Crippen molar-refractivity contribution in [1.29, 1.82) is 0 Å². The van der Waals surface area contributed by atoms with Crippen LogP contribution in [0.25, 0.3) is 5.69 Å². The first-order valence-corrected chi connectivity index (χ1v) is 7.88. The number of oxime groups is 1. The Kier molecular flexibility index (Phi) is 4.27. The minimum Gasteiger partial charge on any atom is -0.391 e. The van der Waals surface area contributed by atoms with Crippen LogP contribution in [0.4, 0.5) is 0 Å². The summed E-state index contributed by atoms with van der Waals surface area (Å²) in [4.78, 5) is 17.7. The molecule has 7 heteroatoms. The molecule has 1 saturated carbocycles. The van der Waals surface area contributed by atoms with E-state index in [1.54, 1.807) is 7.05 Å². The van der Waals surface area contributed by atoms with Crippen LogP contribution in [0.15, 0.2) is 28.1 Å². The quantitative estimate of drug-likeness (QED) is 0.604. The maximum Gasteiger partial charge on any atom is 0.368 e. The van der Waals surface area contributed by atoms with E-state index in [2.05, 4.69) is 21.6 Å². The number of hydrogen-bond acceptors (Lipinski definition) is 5.